The maximum Gasteiger partial charge on any atom is 0.240 e. The minimum Gasteiger partial charge on any atom is -0.313 e. The minimum atomic E-state index is -3.34. The summed E-state index contributed by atoms with van der Waals surface area (Å²) in [7, 11) is -3.34. The summed E-state index contributed by atoms with van der Waals surface area (Å²) in [6.07, 6.45) is 0.917. The molecule has 4 nitrogen and oxygen atoms in total. The van der Waals surface area contributed by atoms with Gasteiger partial charge in [-0.1, -0.05) is 19.1 Å². The fourth-order valence-electron chi connectivity index (χ4n) is 1.56. The molecule has 88 valence electrons. The molecule has 0 bridgehead atoms. The minimum absolute atomic E-state index is 0.0378. The maximum atomic E-state index is 11.9. The molecule has 0 saturated carbocycles. The van der Waals surface area contributed by atoms with Crippen molar-refractivity contribution in [1.29, 1.82) is 0 Å². The summed E-state index contributed by atoms with van der Waals surface area (Å²) in [5.74, 6) is 0. The first-order valence-corrected chi connectivity index (χ1v) is 6.92. The van der Waals surface area contributed by atoms with E-state index in [9.17, 15) is 8.42 Å². The van der Waals surface area contributed by atoms with Crippen LogP contribution in [0.15, 0.2) is 29.2 Å². The Hall–Kier alpha value is -0.910. The molecule has 1 heterocycles. The van der Waals surface area contributed by atoms with Crippen molar-refractivity contribution < 1.29 is 8.42 Å². The quantitative estimate of drug-likeness (QED) is 0.805. The van der Waals surface area contributed by atoms with Crippen molar-refractivity contribution in [3.63, 3.8) is 0 Å². The van der Waals surface area contributed by atoms with Crippen molar-refractivity contribution in [2.75, 3.05) is 13.1 Å². The first-order valence-electron chi connectivity index (χ1n) is 5.44. The lowest BCUT2D eigenvalue weighted by Gasteiger charge is -2.27. The molecule has 1 aromatic rings. The average Bonchev–Trinajstić information content (AvgIpc) is 2.24. The van der Waals surface area contributed by atoms with Crippen LogP contribution in [-0.2, 0) is 16.4 Å². The maximum absolute atomic E-state index is 11.9. The van der Waals surface area contributed by atoms with Gasteiger partial charge in [0.05, 0.1) is 4.90 Å². The van der Waals surface area contributed by atoms with E-state index in [-0.39, 0.29) is 6.04 Å². The fraction of sp³-hybridized carbons (Fsp3) is 0.455. The van der Waals surface area contributed by atoms with E-state index in [1.165, 1.54) is 0 Å². The van der Waals surface area contributed by atoms with Crippen molar-refractivity contribution in [2.45, 2.75) is 24.3 Å². The first kappa shape index (κ1) is 11.6. The van der Waals surface area contributed by atoms with E-state index in [0.717, 1.165) is 12.0 Å². The van der Waals surface area contributed by atoms with E-state index in [1.807, 2.05) is 19.1 Å². The molecule has 2 rings (SSSR count). The fourth-order valence-corrected chi connectivity index (χ4v) is 2.80. The predicted octanol–water partition coefficient (Wildman–Crippen LogP) is 0.499. The normalized spacial score (nSPS) is 17.1. The van der Waals surface area contributed by atoms with Crippen LogP contribution in [0.2, 0.25) is 0 Å². The second-order valence-electron chi connectivity index (χ2n) is 3.97. The SMILES string of the molecule is CCc1ccc(S(=O)(=O)NC2CNC2)cc1. The number of hydrogen-bond donors (Lipinski definition) is 2. The van der Waals surface area contributed by atoms with Gasteiger partial charge in [-0.25, -0.2) is 13.1 Å². The van der Waals surface area contributed by atoms with Crippen LogP contribution >= 0.6 is 0 Å². The molecule has 1 aliphatic rings. The second-order valence-corrected chi connectivity index (χ2v) is 5.69. The zero-order valence-electron chi connectivity index (χ0n) is 9.23. The number of sulfonamides is 1. The molecule has 1 aromatic carbocycles. The van der Waals surface area contributed by atoms with Gasteiger partial charge in [-0.3, -0.25) is 0 Å². The smallest absolute Gasteiger partial charge is 0.240 e. The van der Waals surface area contributed by atoms with Gasteiger partial charge < -0.3 is 5.32 Å². The Morgan fingerprint density at radius 3 is 2.38 bits per heavy atom. The highest BCUT2D eigenvalue weighted by molar-refractivity contribution is 7.89. The molecule has 0 aliphatic carbocycles. The highest BCUT2D eigenvalue weighted by Gasteiger charge is 2.23. The number of rotatable bonds is 4. The van der Waals surface area contributed by atoms with Gasteiger partial charge in [0.1, 0.15) is 0 Å². The van der Waals surface area contributed by atoms with Gasteiger partial charge in [0.2, 0.25) is 10.0 Å². The van der Waals surface area contributed by atoms with E-state index >= 15 is 0 Å². The molecule has 1 saturated heterocycles. The van der Waals surface area contributed by atoms with E-state index < -0.39 is 10.0 Å². The molecule has 2 N–H and O–H groups in total. The van der Waals surface area contributed by atoms with Gasteiger partial charge in [0.15, 0.2) is 0 Å². The van der Waals surface area contributed by atoms with Crippen molar-refractivity contribution >= 4 is 10.0 Å². The summed E-state index contributed by atoms with van der Waals surface area (Å²) in [6, 6.07) is 7.07. The van der Waals surface area contributed by atoms with Gasteiger partial charge in [-0.2, -0.15) is 0 Å². The van der Waals surface area contributed by atoms with E-state index in [0.29, 0.717) is 18.0 Å². The van der Waals surface area contributed by atoms with E-state index in [2.05, 4.69) is 10.0 Å². The van der Waals surface area contributed by atoms with Gasteiger partial charge in [-0.05, 0) is 24.1 Å². The molecule has 0 unspecified atom stereocenters. The van der Waals surface area contributed by atoms with Crippen LogP contribution in [0.4, 0.5) is 0 Å². The molecule has 1 fully saturated rings. The van der Waals surface area contributed by atoms with Crippen LogP contribution in [0.3, 0.4) is 0 Å². The Kier molecular flexibility index (Phi) is 3.28. The third kappa shape index (κ3) is 2.42. The molecule has 0 atom stereocenters. The number of nitrogens with one attached hydrogen (secondary N) is 2. The topological polar surface area (TPSA) is 58.2 Å². The van der Waals surface area contributed by atoms with Crippen LogP contribution in [0, 0.1) is 0 Å². The zero-order valence-corrected chi connectivity index (χ0v) is 10.0. The lowest BCUT2D eigenvalue weighted by molar-refractivity contribution is 0.410. The third-order valence-electron chi connectivity index (χ3n) is 2.75. The van der Waals surface area contributed by atoms with Crippen molar-refractivity contribution in [3.8, 4) is 0 Å². The standard InChI is InChI=1S/C11H16N2O2S/c1-2-9-3-5-11(6-4-9)16(14,15)13-10-7-12-8-10/h3-6,10,12-13H,2,7-8H2,1H3. The monoisotopic (exact) mass is 240 g/mol. The lowest BCUT2D eigenvalue weighted by Crippen LogP contribution is -2.56. The molecular weight excluding hydrogens is 224 g/mol. The first-order chi connectivity index (χ1) is 7.62. The number of hydrogen-bond acceptors (Lipinski definition) is 3. The average molecular weight is 240 g/mol. The Labute approximate surface area is 96.1 Å². The molecule has 0 aromatic heterocycles. The van der Waals surface area contributed by atoms with Crippen LogP contribution in [0.25, 0.3) is 0 Å². The van der Waals surface area contributed by atoms with Crippen LogP contribution in [0.5, 0.6) is 0 Å². The summed E-state index contributed by atoms with van der Waals surface area (Å²) >= 11 is 0. The van der Waals surface area contributed by atoms with E-state index in [4.69, 9.17) is 0 Å². The summed E-state index contributed by atoms with van der Waals surface area (Å²) in [4.78, 5) is 0.344. The Bertz CT molecular complexity index is 449. The Morgan fingerprint density at radius 1 is 1.31 bits per heavy atom. The highest BCUT2D eigenvalue weighted by Crippen LogP contribution is 2.12. The van der Waals surface area contributed by atoms with Gasteiger partial charge in [-0.15, -0.1) is 0 Å². The molecule has 1 aliphatic heterocycles. The molecule has 0 radical (unpaired) electrons. The van der Waals surface area contributed by atoms with Crippen molar-refractivity contribution in [1.82, 2.24) is 10.0 Å². The molecule has 0 amide bonds. The summed E-state index contributed by atoms with van der Waals surface area (Å²) in [5.41, 5.74) is 1.14. The lowest BCUT2D eigenvalue weighted by atomic mass is 10.2. The zero-order chi connectivity index (χ0) is 11.6. The third-order valence-corrected chi connectivity index (χ3v) is 4.28. The molecule has 16 heavy (non-hydrogen) atoms. The number of benzene rings is 1. The van der Waals surface area contributed by atoms with Crippen LogP contribution in [0.1, 0.15) is 12.5 Å². The Balaban J connectivity index is 2.14. The highest BCUT2D eigenvalue weighted by atomic mass is 32.2. The van der Waals surface area contributed by atoms with E-state index in [1.54, 1.807) is 12.1 Å². The van der Waals surface area contributed by atoms with Crippen LogP contribution < -0.4 is 10.0 Å². The van der Waals surface area contributed by atoms with Gasteiger partial charge in [0, 0.05) is 19.1 Å². The van der Waals surface area contributed by atoms with Gasteiger partial charge in [0.25, 0.3) is 0 Å². The largest absolute Gasteiger partial charge is 0.313 e. The number of aryl methyl sites for hydroxylation is 1. The second kappa shape index (κ2) is 4.53. The van der Waals surface area contributed by atoms with Crippen molar-refractivity contribution in [2.24, 2.45) is 0 Å². The molecular formula is C11H16N2O2S. The predicted molar refractivity (Wildman–Crippen MR) is 62.8 cm³/mol. The van der Waals surface area contributed by atoms with Crippen molar-refractivity contribution in [3.05, 3.63) is 29.8 Å². The Morgan fingerprint density at radius 2 is 1.94 bits per heavy atom. The summed E-state index contributed by atoms with van der Waals surface area (Å²) < 4.78 is 26.4. The molecule has 5 heteroatoms. The molecule has 0 spiro atoms. The summed E-state index contributed by atoms with van der Waals surface area (Å²) in [6.45, 7) is 3.47. The van der Waals surface area contributed by atoms with Gasteiger partial charge >= 0.3 is 0 Å². The summed E-state index contributed by atoms with van der Waals surface area (Å²) in [5, 5.41) is 3.03. The van der Waals surface area contributed by atoms with Crippen LogP contribution in [-0.4, -0.2) is 27.5 Å².